The summed E-state index contributed by atoms with van der Waals surface area (Å²) in [6, 6.07) is -1.01. The van der Waals surface area contributed by atoms with Crippen LogP contribution in [-0.2, 0) is 33.2 Å². The Kier molecular flexibility index (Phi) is 51.8. The number of ether oxygens (including phenoxy) is 6. The fourth-order valence-electron chi connectivity index (χ4n) is 11.2. The van der Waals surface area contributed by atoms with Crippen molar-refractivity contribution in [3.8, 4) is 0 Å². The van der Waals surface area contributed by atoms with Crippen molar-refractivity contribution < 1.29 is 89.4 Å². The first-order valence-corrected chi connectivity index (χ1v) is 36.7. The fourth-order valence-corrected chi connectivity index (χ4v) is 11.2. The molecule has 12 N–H and O–H groups in total. The molecular formula is C79H127NO18. The monoisotopic (exact) mass is 1380 g/mol. The Morgan fingerprint density at radius 3 is 1.14 bits per heavy atom. The van der Waals surface area contributed by atoms with Crippen LogP contribution in [0, 0.1) is 0 Å². The van der Waals surface area contributed by atoms with Crippen LogP contribution in [0.1, 0.15) is 200 Å². The average Bonchev–Trinajstić information content (AvgIpc) is 0.785. The Balaban J connectivity index is 1.37. The molecule has 0 spiro atoms. The van der Waals surface area contributed by atoms with Crippen molar-refractivity contribution in [2.75, 3.05) is 26.4 Å². The third-order valence-corrected chi connectivity index (χ3v) is 17.1. The van der Waals surface area contributed by atoms with E-state index in [9.17, 15) is 61.0 Å². The summed E-state index contributed by atoms with van der Waals surface area (Å²) in [6.07, 6.45) is 58.0. The maximum absolute atomic E-state index is 13.4. The van der Waals surface area contributed by atoms with Crippen molar-refractivity contribution in [1.82, 2.24) is 5.32 Å². The zero-order chi connectivity index (χ0) is 71.1. The molecule has 0 aliphatic carbocycles. The van der Waals surface area contributed by atoms with Crippen LogP contribution in [0.15, 0.2) is 158 Å². The summed E-state index contributed by atoms with van der Waals surface area (Å²) < 4.78 is 34.3. The van der Waals surface area contributed by atoms with Gasteiger partial charge in [0.2, 0.25) is 5.91 Å². The van der Waals surface area contributed by atoms with Crippen molar-refractivity contribution in [1.29, 1.82) is 0 Å². The molecule has 556 valence electrons. The van der Waals surface area contributed by atoms with E-state index >= 15 is 0 Å². The highest BCUT2D eigenvalue weighted by Gasteiger charge is 2.53. The SMILES string of the molecule is CC/C=C\C/C=C\C/C=C\C/C=C\C/C=C\C/C=C\C/C=C\C/C=C\C/C=C\C/C=C\C/C=C\CCCCCCCC(=O)NC(COC1OC(CO)C(OC2OC(CO)C(OC3OC(CO)C(O)C(O)C3O)C(O)C2O)C(O)C1O)C(O)/C=C/CC/C=C/CCCCCCCCCC. The summed E-state index contributed by atoms with van der Waals surface area (Å²) >= 11 is 0. The van der Waals surface area contributed by atoms with Gasteiger partial charge in [0.25, 0.3) is 0 Å². The average molecular weight is 1380 g/mol. The summed E-state index contributed by atoms with van der Waals surface area (Å²) in [7, 11) is 0. The van der Waals surface area contributed by atoms with Crippen molar-refractivity contribution >= 4 is 5.91 Å². The maximum atomic E-state index is 13.4. The molecular weight excluding hydrogens is 1250 g/mol. The lowest BCUT2D eigenvalue weighted by atomic mass is 9.96. The molecule has 3 saturated heterocycles. The number of amides is 1. The smallest absolute Gasteiger partial charge is 0.220 e. The van der Waals surface area contributed by atoms with Gasteiger partial charge in [0.1, 0.15) is 73.2 Å². The highest BCUT2D eigenvalue weighted by atomic mass is 16.8. The highest BCUT2D eigenvalue weighted by molar-refractivity contribution is 5.76. The molecule has 1 amide bonds. The number of rotatable bonds is 54. The number of hydrogen-bond donors (Lipinski definition) is 12. The van der Waals surface area contributed by atoms with Crippen LogP contribution >= 0.6 is 0 Å². The van der Waals surface area contributed by atoms with Crippen molar-refractivity contribution in [3.63, 3.8) is 0 Å². The Labute approximate surface area is 586 Å². The molecule has 0 radical (unpaired) electrons. The first kappa shape index (κ1) is 87.6. The number of hydrogen-bond acceptors (Lipinski definition) is 18. The summed E-state index contributed by atoms with van der Waals surface area (Å²) in [6.45, 7) is 1.54. The van der Waals surface area contributed by atoms with E-state index in [4.69, 9.17) is 28.4 Å². The van der Waals surface area contributed by atoms with E-state index in [2.05, 4.69) is 165 Å². The van der Waals surface area contributed by atoms with Gasteiger partial charge in [0.05, 0.1) is 38.6 Å². The third-order valence-electron chi connectivity index (χ3n) is 17.1. The molecule has 98 heavy (non-hydrogen) atoms. The van der Waals surface area contributed by atoms with Gasteiger partial charge in [-0.05, 0) is 116 Å². The number of aliphatic hydroxyl groups excluding tert-OH is 11. The second-order valence-electron chi connectivity index (χ2n) is 25.3. The molecule has 0 bridgehead atoms. The molecule has 0 saturated carbocycles. The van der Waals surface area contributed by atoms with Gasteiger partial charge in [0, 0.05) is 6.42 Å². The van der Waals surface area contributed by atoms with Crippen LogP contribution in [0.2, 0.25) is 0 Å². The Morgan fingerprint density at radius 1 is 0.378 bits per heavy atom. The van der Waals surface area contributed by atoms with Gasteiger partial charge in [0.15, 0.2) is 18.9 Å². The molecule has 19 heteroatoms. The first-order chi connectivity index (χ1) is 47.8. The minimum Gasteiger partial charge on any atom is -0.394 e. The van der Waals surface area contributed by atoms with Gasteiger partial charge >= 0.3 is 0 Å². The number of aliphatic hydroxyl groups is 11. The zero-order valence-corrected chi connectivity index (χ0v) is 58.9. The largest absolute Gasteiger partial charge is 0.394 e. The van der Waals surface area contributed by atoms with E-state index < -0.39 is 124 Å². The van der Waals surface area contributed by atoms with Gasteiger partial charge in [-0.3, -0.25) is 4.79 Å². The normalized spacial score (nSPS) is 27.7. The molecule has 17 unspecified atom stereocenters. The summed E-state index contributed by atoms with van der Waals surface area (Å²) in [4.78, 5) is 13.4. The molecule has 17 atom stereocenters. The third kappa shape index (κ3) is 38.4. The molecule has 0 aromatic heterocycles. The van der Waals surface area contributed by atoms with E-state index in [1.165, 1.54) is 44.9 Å². The van der Waals surface area contributed by atoms with E-state index in [1.54, 1.807) is 6.08 Å². The van der Waals surface area contributed by atoms with Crippen LogP contribution in [0.4, 0.5) is 0 Å². The number of allylic oxidation sites excluding steroid dienone is 25. The summed E-state index contributed by atoms with van der Waals surface area (Å²) in [5.41, 5.74) is 0. The number of carbonyl (C=O) groups is 1. The fraction of sp³-hybridized carbons (Fsp3) is 0.658. The molecule has 0 aromatic carbocycles. The van der Waals surface area contributed by atoms with E-state index in [-0.39, 0.29) is 18.9 Å². The zero-order valence-electron chi connectivity index (χ0n) is 58.9. The first-order valence-electron chi connectivity index (χ1n) is 36.7. The van der Waals surface area contributed by atoms with E-state index in [1.807, 2.05) is 6.08 Å². The second kappa shape index (κ2) is 58.0. The van der Waals surface area contributed by atoms with Crippen LogP contribution in [0.3, 0.4) is 0 Å². The molecule has 19 nitrogen and oxygen atoms in total. The minimum absolute atomic E-state index is 0.202. The minimum atomic E-state index is -1.99. The molecule has 3 aliphatic rings. The summed E-state index contributed by atoms with van der Waals surface area (Å²) in [5.74, 6) is -0.312. The second-order valence-corrected chi connectivity index (χ2v) is 25.3. The quantitative estimate of drug-likeness (QED) is 0.0199. The van der Waals surface area contributed by atoms with Crippen molar-refractivity contribution in [2.24, 2.45) is 0 Å². The lowest BCUT2D eigenvalue weighted by molar-refractivity contribution is -0.379. The van der Waals surface area contributed by atoms with Crippen LogP contribution < -0.4 is 5.32 Å². The molecule has 3 rings (SSSR count). The molecule has 0 aromatic rings. The van der Waals surface area contributed by atoms with Crippen LogP contribution in [-0.4, -0.2) is 193 Å². The molecule has 3 heterocycles. The van der Waals surface area contributed by atoms with Gasteiger partial charge in [-0.1, -0.05) is 236 Å². The van der Waals surface area contributed by atoms with Crippen LogP contribution in [0.25, 0.3) is 0 Å². The van der Waals surface area contributed by atoms with Gasteiger partial charge in [-0.15, -0.1) is 0 Å². The topological polar surface area (TPSA) is 307 Å². The predicted molar refractivity (Wildman–Crippen MR) is 387 cm³/mol. The van der Waals surface area contributed by atoms with Gasteiger partial charge < -0.3 is 89.9 Å². The van der Waals surface area contributed by atoms with Gasteiger partial charge in [-0.2, -0.15) is 0 Å². The molecule has 3 aliphatic heterocycles. The Morgan fingerprint density at radius 2 is 0.714 bits per heavy atom. The lowest BCUT2D eigenvalue weighted by Gasteiger charge is -2.48. The highest BCUT2D eigenvalue weighted by Crippen LogP contribution is 2.33. The van der Waals surface area contributed by atoms with Crippen molar-refractivity contribution in [3.05, 3.63) is 158 Å². The number of nitrogens with one attached hydrogen (secondary N) is 1. The standard InChI is InChI=1S/C79H127NO18/c1-3-5-7-9-11-13-15-17-19-20-21-22-23-24-25-26-27-28-29-30-31-32-33-34-35-36-37-38-39-40-41-42-43-45-47-49-51-53-55-57-67(85)80-62(63(84)56-54-52-50-48-46-44-18-16-14-12-10-8-6-4-2)61-93-77-73(91)70(88)75(65(59-82)95-77)98-79-74(92)71(89)76(66(60-83)96-79)97-78-72(90)69(87)68(86)64(58-81)94-78/h5,7,11,13,17,19,21-22,24-25,27-28,30-31,33-34,36-37,39-40,42-43,46,48,54,56,62-66,68-79,81-84,86-92H,3-4,6,8-10,12,14-16,18,20,23,26,29,32,35,38,41,44-45,47,49-53,55,57-61H2,1-2H3,(H,80,85)/b7-5-,13-11-,19-17-,22-21-,25-24-,28-27-,31-30-,34-33-,37-36-,40-39-,43-42-,48-46+,56-54+. The van der Waals surface area contributed by atoms with Crippen molar-refractivity contribution in [2.45, 2.75) is 304 Å². The Hall–Kier alpha value is -4.59. The summed E-state index contributed by atoms with van der Waals surface area (Å²) in [5, 5.41) is 120. The molecule has 3 fully saturated rings. The Bertz CT molecular complexity index is 2390. The van der Waals surface area contributed by atoms with Gasteiger partial charge in [-0.25, -0.2) is 0 Å². The van der Waals surface area contributed by atoms with E-state index in [0.717, 1.165) is 122 Å². The lowest BCUT2D eigenvalue weighted by Crippen LogP contribution is -2.66. The van der Waals surface area contributed by atoms with E-state index in [0.29, 0.717) is 12.8 Å². The number of carbonyl (C=O) groups excluding carboxylic acids is 1. The number of unbranched alkanes of at least 4 members (excludes halogenated alkanes) is 14. The predicted octanol–water partition coefficient (Wildman–Crippen LogP) is 10.9. The van der Waals surface area contributed by atoms with Crippen LogP contribution in [0.5, 0.6) is 0 Å². The maximum Gasteiger partial charge on any atom is 0.220 e.